The molecular weight excluding hydrogens is 455 g/mol. The van der Waals surface area contributed by atoms with Gasteiger partial charge in [-0.1, -0.05) is 17.7 Å². The largest absolute Gasteiger partial charge is 0.454 e. The topological polar surface area (TPSA) is 102 Å². The Hall–Kier alpha value is -3.73. The second kappa shape index (κ2) is 8.08. The molecule has 2 N–H and O–H groups in total. The number of amides is 1. The molecule has 166 valence electrons. The SMILES string of the molecule is O=C(Nc1cc(C(F)(F)F)ccc1Cl)c1c[nH]c(=O)n(Cc2ccc3c(c2)OCO3)c1=O. The van der Waals surface area contributed by atoms with Crippen LogP contribution in [0, 0.1) is 0 Å². The summed E-state index contributed by atoms with van der Waals surface area (Å²) in [6, 6.07) is 7.21. The number of hydrogen-bond donors (Lipinski definition) is 2. The van der Waals surface area contributed by atoms with Crippen molar-refractivity contribution in [1.82, 2.24) is 9.55 Å². The number of benzene rings is 2. The summed E-state index contributed by atoms with van der Waals surface area (Å²) in [6.07, 6.45) is -3.77. The Labute approximate surface area is 182 Å². The Morgan fingerprint density at radius 2 is 1.88 bits per heavy atom. The molecule has 3 aromatic rings. The molecule has 1 aliphatic heterocycles. The number of ether oxygens (including phenoxy) is 2. The first-order chi connectivity index (χ1) is 15.1. The van der Waals surface area contributed by atoms with Crippen LogP contribution in [-0.2, 0) is 12.7 Å². The Kier molecular flexibility index (Phi) is 5.43. The van der Waals surface area contributed by atoms with Crippen molar-refractivity contribution in [3.8, 4) is 11.5 Å². The summed E-state index contributed by atoms with van der Waals surface area (Å²) in [5, 5.41) is 2.03. The van der Waals surface area contributed by atoms with E-state index >= 15 is 0 Å². The zero-order valence-electron chi connectivity index (χ0n) is 16.0. The third-order valence-electron chi connectivity index (χ3n) is 4.62. The van der Waals surface area contributed by atoms with Crippen molar-refractivity contribution < 1.29 is 27.4 Å². The van der Waals surface area contributed by atoms with E-state index in [1.807, 2.05) is 0 Å². The average molecular weight is 468 g/mol. The van der Waals surface area contributed by atoms with Gasteiger partial charge in [0.1, 0.15) is 5.56 Å². The fourth-order valence-corrected chi connectivity index (χ4v) is 3.19. The molecule has 4 rings (SSSR count). The zero-order chi connectivity index (χ0) is 23.0. The fraction of sp³-hybridized carbons (Fsp3) is 0.150. The van der Waals surface area contributed by atoms with Crippen molar-refractivity contribution in [2.45, 2.75) is 12.7 Å². The van der Waals surface area contributed by atoms with E-state index in [-0.39, 0.29) is 24.0 Å². The maximum atomic E-state index is 12.9. The molecule has 0 spiro atoms. The first-order valence-electron chi connectivity index (χ1n) is 9.02. The third-order valence-corrected chi connectivity index (χ3v) is 4.95. The first-order valence-corrected chi connectivity index (χ1v) is 9.40. The van der Waals surface area contributed by atoms with Gasteiger partial charge in [-0.25, -0.2) is 4.79 Å². The van der Waals surface area contributed by atoms with Gasteiger partial charge in [-0.2, -0.15) is 13.2 Å². The standard InChI is InChI=1S/C20H13ClF3N3O5/c21-13-3-2-11(20(22,23)24)6-14(13)26-17(28)12-7-25-19(30)27(18(12)29)8-10-1-4-15-16(5-10)32-9-31-15/h1-7H,8-9H2,(H,25,30)(H,26,28). The quantitative estimate of drug-likeness (QED) is 0.613. The van der Waals surface area contributed by atoms with Crippen LogP contribution in [0.5, 0.6) is 11.5 Å². The third kappa shape index (κ3) is 4.19. The number of carbonyl (C=O) groups excluding carboxylic acids is 1. The van der Waals surface area contributed by atoms with Crippen molar-refractivity contribution in [3.05, 3.63) is 85.1 Å². The molecule has 1 aromatic heterocycles. The molecule has 0 bridgehead atoms. The van der Waals surface area contributed by atoms with E-state index in [1.54, 1.807) is 18.2 Å². The second-order valence-corrected chi connectivity index (χ2v) is 7.14. The molecule has 0 saturated carbocycles. The highest BCUT2D eigenvalue weighted by molar-refractivity contribution is 6.34. The number of aromatic nitrogens is 2. The first kappa shape index (κ1) is 21.5. The van der Waals surface area contributed by atoms with E-state index in [1.165, 1.54) is 0 Å². The van der Waals surface area contributed by atoms with Crippen LogP contribution in [0.3, 0.4) is 0 Å². The van der Waals surface area contributed by atoms with Crippen molar-refractivity contribution in [2.24, 2.45) is 0 Å². The lowest BCUT2D eigenvalue weighted by molar-refractivity contribution is -0.137. The van der Waals surface area contributed by atoms with Gasteiger partial charge in [0, 0.05) is 6.20 Å². The van der Waals surface area contributed by atoms with Crippen LogP contribution in [0.1, 0.15) is 21.5 Å². The van der Waals surface area contributed by atoms with Crippen LogP contribution in [0.15, 0.2) is 52.2 Å². The number of alkyl halides is 3. The highest BCUT2D eigenvalue weighted by atomic mass is 35.5. The van der Waals surface area contributed by atoms with E-state index < -0.39 is 34.5 Å². The van der Waals surface area contributed by atoms with Crippen molar-refractivity contribution in [3.63, 3.8) is 0 Å². The zero-order valence-corrected chi connectivity index (χ0v) is 16.7. The normalized spacial score (nSPS) is 12.6. The fourth-order valence-electron chi connectivity index (χ4n) is 3.03. The van der Waals surface area contributed by atoms with Gasteiger partial charge >= 0.3 is 11.9 Å². The maximum absolute atomic E-state index is 12.9. The van der Waals surface area contributed by atoms with Crippen LogP contribution in [-0.4, -0.2) is 22.3 Å². The average Bonchev–Trinajstić information content (AvgIpc) is 3.19. The van der Waals surface area contributed by atoms with Gasteiger partial charge in [-0.05, 0) is 35.9 Å². The van der Waals surface area contributed by atoms with Crippen molar-refractivity contribution in [2.75, 3.05) is 12.1 Å². The minimum absolute atomic E-state index is 0.0487. The molecule has 0 saturated heterocycles. The summed E-state index contributed by atoms with van der Waals surface area (Å²) < 4.78 is 50.1. The molecule has 0 unspecified atom stereocenters. The number of carbonyl (C=O) groups is 1. The molecule has 1 amide bonds. The molecule has 0 aliphatic carbocycles. The van der Waals surface area contributed by atoms with Crippen LogP contribution in [0.25, 0.3) is 0 Å². The number of H-pyrrole nitrogens is 1. The molecular formula is C20H13ClF3N3O5. The molecule has 0 radical (unpaired) electrons. The summed E-state index contributed by atoms with van der Waals surface area (Å²) >= 11 is 5.88. The Morgan fingerprint density at radius 3 is 2.62 bits per heavy atom. The van der Waals surface area contributed by atoms with Gasteiger partial charge in [0.25, 0.3) is 11.5 Å². The highest BCUT2D eigenvalue weighted by Crippen LogP contribution is 2.34. The smallest absolute Gasteiger partial charge is 0.416 e. The van der Waals surface area contributed by atoms with Gasteiger partial charge in [0.05, 0.1) is 22.8 Å². The van der Waals surface area contributed by atoms with Gasteiger partial charge in [-0.3, -0.25) is 14.2 Å². The van der Waals surface area contributed by atoms with Gasteiger partial charge in [0.2, 0.25) is 6.79 Å². The summed E-state index contributed by atoms with van der Waals surface area (Å²) in [6.45, 7) is -0.136. The second-order valence-electron chi connectivity index (χ2n) is 6.73. The minimum atomic E-state index is -4.65. The number of halogens is 4. The highest BCUT2D eigenvalue weighted by Gasteiger charge is 2.31. The van der Waals surface area contributed by atoms with Gasteiger partial charge < -0.3 is 19.8 Å². The molecule has 0 atom stereocenters. The predicted molar refractivity (Wildman–Crippen MR) is 107 cm³/mol. The number of fused-ring (bicyclic) bond motifs is 1. The molecule has 8 nitrogen and oxygen atoms in total. The number of nitrogens with zero attached hydrogens (tertiary/aromatic N) is 1. The number of nitrogens with one attached hydrogen (secondary N) is 2. The minimum Gasteiger partial charge on any atom is -0.454 e. The van der Waals surface area contributed by atoms with E-state index in [2.05, 4.69) is 10.3 Å². The monoisotopic (exact) mass is 467 g/mol. The van der Waals surface area contributed by atoms with Crippen molar-refractivity contribution >= 4 is 23.2 Å². The van der Waals surface area contributed by atoms with E-state index in [9.17, 15) is 27.6 Å². The summed E-state index contributed by atoms with van der Waals surface area (Å²) in [5.74, 6) is -0.0759. The van der Waals surface area contributed by atoms with E-state index in [4.69, 9.17) is 21.1 Å². The number of hydrogen-bond acceptors (Lipinski definition) is 5. The molecule has 0 fully saturated rings. The molecule has 12 heteroatoms. The van der Waals surface area contributed by atoms with Gasteiger partial charge in [-0.15, -0.1) is 0 Å². The number of anilines is 1. The van der Waals surface area contributed by atoms with Crippen LogP contribution in [0.2, 0.25) is 5.02 Å². The number of rotatable bonds is 4. The Balaban J connectivity index is 1.63. The van der Waals surface area contributed by atoms with E-state index in [0.717, 1.165) is 22.9 Å². The molecule has 2 heterocycles. The Morgan fingerprint density at radius 1 is 1.12 bits per heavy atom. The van der Waals surface area contributed by atoms with E-state index in [0.29, 0.717) is 23.1 Å². The maximum Gasteiger partial charge on any atom is 0.416 e. The summed E-state index contributed by atoms with van der Waals surface area (Å²) in [7, 11) is 0. The summed E-state index contributed by atoms with van der Waals surface area (Å²) in [5.41, 5.74) is -3.04. The van der Waals surface area contributed by atoms with Gasteiger partial charge in [0.15, 0.2) is 11.5 Å². The van der Waals surface area contributed by atoms with Crippen LogP contribution < -0.4 is 26.0 Å². The summed E-state index contributed by atoms with van der Waals surface area (Å²) in [4.78, 5) is 39.8. The molecule has 1 aliphatic rings. The lowest BCUT2D eigenvalue weighted by Gasteiger charge is -2.12. The van der Waals surface area contributed by atoms with Crippen LogP contribution >= 0.6 is 11.6 Å². The lowest BCUT2D eigenvalue weighted by Crippen LogP contribution is -2.39. The lowest BCUT2D eigenvalue weighted by atomic mass is 10.2. The predicted octanol–water partition coefficient (Wildman–Crippen LogP) is 3.24. The Bertz CT molecular complexity index is 1330. The number of aromatic amines is 1. The molecule has 2 aromatic carbocycles. The van der Waals surface area contributed by atoms with Crippen LogP contribution in [0.4, 0.5) is 18.9 Å². The van der Waals surface area contributed by atoms with Crippen molar-refractivity contribution in [1.29, 1.82) is 0 Å². The molecule has 32 heavy (non-hydrogen) atoms.